The fraction of sp³-hybridized carbons (Fsp3) is 0.538. The van der Waals surface area contributed by atoms with Crippen LogP contribution >= 0.6 is 27.5 Å². The summed E-state index contributed by atoms with van der Waals surface area (Å²) in [7, 11) is -2.00. The van der Waals surface area contributed by atoms with E-state index in [0.29, 0.717) is 21.7 Å². The topological polar surface area (TPSA) is 61.4 Å². The number of nitrogens with one attached hydrogen (secondary N) is 2. The van der Waals surface area contributed by atoms with Crippen LogP contribution in [0.15, 0.2) is 22.7 Å². The third kappa shape index (κ3) is 6.52. The minimum atomic E-state index is -3.56. The summed E-state index contributed by atoms with van der Waals surface area (Å²) in [5, 5.41) is 3.78. The van der Waals surface area contributed by atoms with Gasteiger partial charge in [0.25, 0.3) is 0 Å². The van der Waals surface area contributed by atoms with Crippen LogP contribution < -0.4 is 10.0 Å². The zero-order valence-electron chi connectivity index (χ0n) is 12.2. The second-order valence-electron chi connectivity index (χ2n) is 4.66. The van der Waals surface area contributed by atoms with Crippen molar-refractivity contribution in [1.29, 1.82) is 0 Å². The van der Waals surface area contributed by atoms with Crippen LogP contribution in [0.25, 0.3) is 0 Å². The van der Waals surface area contributed by atoms with Crippen LogP contribution in [0, 0.1) is 0 Å². The predicted octanol–water partition coefficient (Wildman–Crippen LogP) is 3.08. The van der Waals surface area contributed by atoms with E-state index in [0.717, 1.165) is 25.9 Å². The highest BCUT2D eigenvalue weighted by Gasteiger charge is 2.18. The molecule has 0 atom stereocenters. The Morgan fingerprint density at radius 3 is 2.67 bits per heavy atom. The third-order valence-electron chi connectivity index (χ3n) is 2.83. The molecule has 0 aromatic heterocycles. The number of hydrogen-bond donors (Lipinski definition) is 2. The van der Waals surface area contributed by atoms with Crippen molar-refractivity contribution in [3.8, 4) is 0 Å². The third-order valence-corrected chi connectivity index (χ3v) is 5.21. The van der Waals surface area contributed by atoms with E-state index >= 15 is 0 Å². The lowest BCUT2D eigenvalue weighted by atomic mass is 10.3. The van der Waals surface area contributed by atoms with Crippen LogP contribution in [0.5, 0.6) is 0 Å². The van der Waals surface area contributed by atoms with Crippen molar-refractivity contribution < 1.29 is 8.42 Å². The van der Waals surface area contributed by atoms with Crippen molar-refractivity contribution in [3.63, 3.8) is 0 Å². The summed E-state index contributed by atoms with van der Waals surface area (Å²) in [5.74, 6) is 0. The van der Waals surface area contributed by atoms with Gasteiger partial charge >= 0.3 is 10.2 Å². The number of nitrogens with zero attached hydrogens (tertiary/aromatic N) is 1. The smallest absolute Gasteiger partial charge is 0.301 e. The maximum Gasteiger partial charge on any atom is 0.301 e. The van der Waals surface area contributed by atoms with E-state index in [9.17, 15) is 8.42 Å². The average Bonchev–Trinajstić information content (AvgIpc) is 2.41. The van der Waals surface area contributed by atoms with Gasteiger partial charge in [0.2, 0.25) is 0 Å². The first kappa shape index (κ1) is 18.7. The summed E-state index contributed by atoms with van der Waals surface area (Å²) < 4.78 is 28.8. The van der Waals surface area contributed by atoms with E-state index in [2.05, 4.69) is 32.9 Å². The lowest BCUT2D eigenvalue weighted by Crippen LogP contribution is -2.34. The molecular formula is C13H21BrClN3O2S. The molecule has 1 aromatic rings. The summed E-state index contributed by atoms with van der Waals surface area (Å²) in [6, 6.07) is 4.91. The van der Waals surface area contributed by atoms with Crippen LogP contribution in [0.3, 0.4) is 0 Å². The lowest BCUT2D eigenvalue weighted by Gasteiger charge is -2.19. The van der Waals surface area contributed by atoms with Gasteiger partial charge in [-0.2, -0.15) is 12.7 Å². The molecule has 0 spiro atoms. The van der Waals surface area contributed by atoms with E-state index in [1.165, 1.54) is 4.31 Å². The first-order valence-corrected chi connectivity index (χ1v) is 9.37. The standard InChI is InChI=1S/C13H21BrClN3O2S/c1-3-7-16-8-4-9-18(2)21(19,20)17-13-6-5-11(15)10-12(13)14/h5-6,10,16-17H,3-4,7-9H2,1-2H3. The Bertz CT molecular complexity index is 554. The fourth-order valence-corrected chi connectivity index (χ4v) is 3.53. The van der Waals surface area contributed by atoms with Crippen LogP contribution in [-0.4, -0.2) is 39.4 Å². The zero-order valence-corrected chi connectivity index (χ0v) is 15.4. The highest BCUT2D eigenvalue weighted by Crippen LogP contribution is 2.27. The van der Waals surface area contributed by atoms with Gasteiger partial charge in [0.05, 0.1) is 5.69 Å². The van der Waals surface area contributed by atoms with E-state index in [-0.39, 0.29) is 0 Å². The Morgan fingerprint density at radius 1 is 1.33 bits per heavy atom. The molecule has 0 amide bonds. The molecule has 0 saturated heterocycles. The molecule has 5 nitrogen and oxygen atoms in total. The molecule has 21 heavy (non-hydrogen) atoms. The molecule has 0 bridgehead atoms. The fourth-order valence-electron chi connectivity index (χ4n) is 1.64. The van der Waals surface area contributed by atoms with Crippen LogP contribution in [-0.2, 0) is 10.2 Å². The molecule has 0 heterocycles. The lowest BCUT2D eigenvalue weighted by molar-refractivity contribution is 0.458. The van der Waals surface area contributed by atoms with Gasteiger partial charge in [0, 0.05) is 23.1 Å². The molecule has 0 aliphatic rings. The van der Waals surface area contributed by atoms with Crippen molar-refractivity contribution in [3.05, 3.63) is 27.7 Å². The number of hydrogen-bond acceptors (Lipinski definition) is 3. The maximum absolute atomic E-state index is 12.2. The summed E-state index contributed by atoms with van der Waals surface area (Å²) in [5.41, 5.74) is 0.468. The van der Waals surface area contributed by atoms with Crippen LogP contribution in [0.2, 0.25) is 5.02 Å². The second-order valence-corrected chi connectivity index (χ2v) is 7.72. The van der Waals surface area contributed by atoms with Crippen molar-refractivity contribution in [2.45, 2.75) is 19.8 Å². The first-order valence-electron chi connectivity index (χ1n) is 6.76. The molecule has 0 radical (unpaired) electrons. The zero-order chi connectivity index (χ0) is 15.9. The Labute approximate surface area is 140 Å². The molecular weight excluding hydrogens is 378 g/mol. The number of halogens is 2. The monoisotopic (exact) mass is 397 g/mol. The van der Waals surface area contributed by atoms with Crippen molar-refractivity contribution in [2.24, 2.45) is 0 Å². The molecule has 0 saturated carbocycles. The Hall–Kier alpha value is -0.340. The summed E-state index contributed by atoms with van der Waals surface area (Å²) in [6.07, 6.45) is 1.83. The normalized spacial score (nSPS) is 11.9. The maximum atomic E-state index is 12.2. The van der Waals surface area contributed by atoms with Gasteiger partial charge in [0.15, 0.2) is 0 Å². The number of benzene rings is 1. The Kier molecular flexibility index (Phi) is 7.97. The molecule has 0 unspecified atom stereocenters. The summed E-state index contributed by atoms with van der Waals surface area (Å²) in [6.45, 7) is 4.31. The van der Waals surface area contributed by atoms with E-state index < -0.39 is 10.2 Å². The molecule has 0 aliphatic heterocycles. The predicted molar refractivity (Wildman–Crippen MR) is 92.1 cm³/mol. The quantitative estimate of drug-likeness (QED) is 0.628. The number of rotatable bonds is 9. The van der Waals surface area contributed by atoms with E-state index in [4.69, 9.17) is 11.6 Å². The Morgan fingerprint density at radius 2 is 2.05 bits per heavy atom. The van der Waals surface area contributed by atoms with Gasteiger partial charge in [-0.05, 0) is 60.1 Å². The van der Waals surface area contributed by atoms with Gasteiger partial charge in [-0.3, -0.25) is 4.72 Å². The van der Waals surface area contributed by atoms with Gasteiger partial charge in [-0.1, -0.05) is 18.5 Å². The molecule has 0 fully saturated rings. The molecule has 1 rings (SSSR count). The van der Waals surface area contributed by atoms with Gasteiger partial charge in [-0.15, -0.1) is 0 Å². The highest BCUT2D eigenvalue weighted by atomic mass is 79.9. The number of anilines is 1. The average molecular weight is 399 g/mol. The minimum absolute atomic E-state index is 0.456. The van der Waals surface area contributed by atoms with Gasteiger partial charge in [-0.25, -0.2) is 0 Å². The van der Waals surface area contributed by atoms with Crippen LogP contribution in [0.1, 0.15) is 19.8 Å². The molecule has 8 heteroatoms. The highest BCUT2D eigenvalue weighted by molar-refractivity contribution is 9.10. The van der Waals surface area contributed by atoms with Crippen molar-refractivity contribution in [2.75, 3.05) is 31.4 Å². The van der Waals surface area contributed by atoms with Gasteiger partial charge in [0.1, 0.15) is 0 Å². The molecule has 1 aromatic carbocycles. The summed E-state index contributed by atoms with van der Waals surface area (Å²) in [4.78, 5) is 0. The molecule has 2 N–H and O–H groups in total. The molecule has 120 valence electrons. The largest absolute Gasteiger partial charge is 0.317 e. The van der Waals surface area contributed by atoms with E-state index in [1.54, 1.807) is 25.2 Å². The minimum Gasteiger partial charge on any atom is -0.317 e. The summed E-state index contributed by atoms with van der Waals surface area (Å²) >= 11 is 9.13. The van der Waals surface area contributed by atoms with Gasteiger partial charge < -0.3 is 5.32 Å². The second kappa shape index (κ2) is 8.95. The first-order chi connectivity index (χ1) is 9.86. The van der Waals surface area contributed by atoms with Crippen molar-refractivity contribution >= 4 is 43.4 Å². The SMILES string of the molecule is CCCNCCCN(C)S(=O)(=O)Nc1ccc(Cl)cc1Br. The Balaban J connectivity index is 2.55. The van der Waals surface area contributed by atoms with E-state index in [1.807, 2.05) is 0 Å². The van der Waals surface area contributed by atoms with Crippen LogP contribution in [0.4, 0.5) is 5.69 Å². The molecule has 0 aliphatic carbocycles. The van der Waals surface area contributed by atoms with Crippen molar-refractivity contribution in [1.82, 2.24) is 9.62 Å².